The van der Waals surface area contributed by atoms with Gasteiger partial charge < -0.3 is 10.5 Å². The van der Waals surface area contributed by atoms with Crippen LogP contribution in [0.15, 0.2) is 35.3 Å². The van der Waals surface area contributed by atoms with Crippen molar-refractivity contribution in [2.75, 3.05) is 0 Å². The maximum absolute atomic E-state index is 15.2. The molecule has 2 aromatic heterocycles. The summed E-state index contributed by atoms with van der Waals surface area (Å²) in [5.41, 5.74) is 8.84. The molecular weight excluding hydrogens is 423 g/mol. The van der Waals surface area contributed by atoms with Crippen molar-refractivity contribution in [3.05, 3.63) is 63.5 Å². The predicted octanol–water partition coefficient (Wildman–Crippen LogP) is 3.31. The molecule has 1 aliphatic carbocycles. The van der Waals surface area contributed by atoms with E-state index in [9.17, 15) is 10.1 Å². The number of nitrogens with two attached hydrogens (primary N) is 1. The van der Waals surface area contributed by atoms with Crippen molar-refractivity contribution in [2.24, 2.45) is 12.8 Å². The number of rotatable bonds is 5. The van der Waals surface area contributed by atoms with E-state index in [4.69, 9.17) is 10.5 Å². The summed E-state index contributed by atoms with van der Waals surface area (Å²) in [4.78, 5) is 12.4. The molecule has 0 amide bonds. The van der Waals surface area contributed by atoms with E-state index < -0.39 is 5.82 Å². The molecule has 8 nitrogen and oxygen atoms in total. The van der Waals surface area contributed by atoms with Gasteiger partial charge in [-0.05, 0) is 49.1 Å². The zero-order valence-corrected chi connectivity index (χ0v) is 18.1. The predicted molar refractivity (Wildman–Crippen MR) is 121 cm³/mol. The van der Waals surface area contributed by atoms with E-state index in [0.717, 1.165) is 18.4 Å². The highest BCUT2D eigenvalue weighted by Gasteiger charge is 2.28. The van der Waals surface area contributed by atoms with Crippen LogP contribution in [0.4, 0.5) is 4.39 Å². The lowest BCUT2D eigenvalue weighted by atomic mass is 9.94. The van der Waals surface area contributed by atoms with Crippen LogP contribution in [0.3, 0.4) is 0 Å². The van der Waals surface area contributed by atoms with Gasteiger partial charge >= 0.3 is 0 Å². The van der Waals surface area contributed by atoms with Crippen molar-refractivity contribution in [3.63, 3.8) is 0 Å². The van der Waals surface area contributed by atoms with Crippen LogP contribution in [-0.4, -0.2) is 26.1 Å². The first-order chi connectivity index (χ1) is 15.9. The van der Waals surface area contributed by atoms with Gasteiger partial charge in [-0.2, -0.15) is 15.5 Å². The maximum atomic E-state index is 15.2. The average Bonchev–Trinajstić information content (AvgIpc) is 3.54. The van der Waals surface area contributed by atoms with Crippen molar-refractivity contribution in [2.45, 2.75) is 32.4 Å². The van der Waals surface area contributed by atoms with E-state index in [2.05, 4.69) is 21.4 Å². The van der Waals surface area contributed by atoms with Crippen LogP contribution in [-0.2, 0) is 13.6 Å². The number of nitrogens with zero attached hydrogens (tertiary/aromatic N) is 4. The van der Waals surface area contributed by atoms with Crippen LogP contribution < -0.4 is 16.0 Å². The Morgan fingerprint density at radius 3 is 2.85 bits per heavy atom. The lowest BCUT2D eigenvalue weighted by Crippen LogP contribution is -2.14. The average molecular weight is 444 g/mol. The SMILES string of the molecule is Cc1cc(-c2cnn(C)c2-c2c(F)ccc(OC3CC3)c2C#N)cc2c(CN)n[nH]c(=O)c12. The number of benzene rings is 2. The number of aryl methyl sites for hydroxylation is 2. The van der Waals surface area contributed by atoms with Crippen molar-refractivity contribution in [1.29, 1.82) is 5.26 Å². The lowest BCUT2D eigenvalue weighted by Gasteiger charge is -2.15. The van der Waals surface area contributed by atoms with Crippen LogP contribution in [0.25, 0.3) is 33.2 Å². The molecule has 5 rings (SSSR count). The topological polar surface area (TPSA) is 123 Å². The number of nitriles is 1. The number of H-pyrrole nitrogens is 1. The summed E-state index contributed by atoms with van der Waals surface area (Å²) in [5.74, 6) is -0.183. The maximum Gasteiger partial charge on any atom is 0.272 e. The van der Waals surface area contributed by atoms with E-state index in [1.165, 1.54) is 16.8 Å². The summed E-state index contributed by atoms with van der Waals surface area (Å²) in [6.07, 6.45) is 3.52. The summed E-state index contributed by atoms with van der Waals surface area (Å²) in [7, 11) is 1.69. The third-order valence-electron chi connectivity index (χ3n) is 5.89. The molecule has 0 bridgehead atoms. The summed E-state index contributed by atoms with van der Waals surface area (Å²) in [6.45, 7) is 1.96. The number of nitrogens with one attached hydrogen (secondary N) is 1. The van der Waals surface area contributed by atoms with Crippen LogP contribution >= 0.6 is 0 Å². The fourth-order valence-corrected chi connectivity index (χ4v) is 4.17. The molecule has 1 saturated carbocycles. The number of aromatic nitrogens is 4. The smallest absolute Gasteiger partial charge is 0.272 e. The Morgan fingerprint density at radius 2 is 2.15 bits per heavy atom. The molecule has 166 valence electrons. The van der Waals surface area contributed by atoms with Crippen molar-refractivity contribution < 1.29 is 9.13 Å². The van der Waals surface area contributed by atoms with Gasteiger partial charge in [0, 0.05) is 24.5 Å². The second-order valence-electron chi connectivity index (χ2n) is 8.17. The molecule has 4 aromatic rings. The fourth-order valence-electron chi connectivity index (χ4n) is 4.17. The number of hydrogen-bond acceptors (Lipinski definition) is 6. The molecule has 1 fully saturated rings. The highest BCUT2D eigenvalue weighted by atomic mass is 19.1. The molecule has 3 N–H and O–H groups in total. The highest BCUT2D eigenvalue weighted by molar-refractivity contribution is 5.94. The number of aromatic amines is 1. The van der Waals surface area contributed by atoms with Gasteiger partial charge in [0.1, 0.15) is 23.2 Å². The van der Waals surface area contributed by atoms with Gasteiger partial charge in [-0.15, -0.1) is 0 Å². The normalized spacial score (nSPS) is 13.3. The Morgan fingerprint density at radius 1 is 1.36 bits per heavy atom. The lowest BCUT2D eigenvalue weighted by molar-refractivity contribution is 0.302. The van der Waals surface area contributed by atoms with E-state index in [1.807, 2.05) is 19.1 Å². The molecule has 1 aliphatic rings. The molecule has 0 saturated heterocycles. The Kier molecular flexibility index (Phi) is 4.95. The van der Waals surface area contributed by atoms with Crippen molar-refractivity contribution in [1.82, 2.24) is 20.0 Å². The number of halogens is 1. The Hall–Kier alpha value is -4.03. The minimum Gasteiger partial charge on any atom is -0.489 e. The van der Waals surface area contributed by atoms with Crippen molar-refractivity contribution >= 4 is 10.8 Å². The Bertz CT molecular complexity index is 1510. The van der Waals surface area contributed by atoms with Crippen LogP contribution in [0.1, 0.15) is 29.7 Å². The molecule has 0 aliphatic heterocycles. The summed E-state index contributed by atoms with van der Waals surface area (Å²) >= 11 is 0. The van der Waals surface area contributed by atoms with Crippen LogP contribution in [0.5, 0.6) is 5.75 Å². The van der Waals surface area contributed by atoms with Gasteiger partial charge in [-0.25, -0.2) is 9.49 Å². The molecule has 0 radical (unpaired) electrons. The Balaban J connectivity index is 1.77. The minimum absolute atomic E-state index is 0.0600. The summed E-state index contributed by atoms with van der Waals surface area (Å²) in [6, 6.07) is 8.58. The molecule has 9 heteroatoms. The first-order valence-corrected chi connectivity index (χ1v) is 10.6. The molecule has 0 unspecified atom stereocenters. The van der Waals surface area contributed by atoms with Gasteiger partial charge in [0.05, 0.1) is 34.6 Å². The summed E-state index contributed by atoms with van der Waals surface area (Å²) < 4.78 is 22.6. The zero-order valence-electron chi connectivity index (χ0n) is 18.1. The first-order valence-electron chi connectivity index (χ1n) is 10.6. The molecule has 0 spiro atoms. The van der Waals surface area contributed by atoms with E-state index in [-0.39, 0.29) is 29.3 Å². The van der Waals surface area contributed by atoms with E-state index >= 15 is 4.39 Å². The van der Waals surface area contributed by atoms with Crippen LogP contribution in [0, 0.1) is 24.1 Å². The standard InChI is InChI=1S/C24H21FN6O2/c1-12-7-13(8-15-19(10-27)29-30-24(32)21(12)15)17-11-28-31(2)23(17)22-16(9-26)20(6-5-18(22)25)33-14-3-4-14/h5-8,11,14H,3-4,10,27H2,1-2H3,(H,30,32). The summed E-state index contributed by atoms with van der Waals surface area (Å²) in [5, 5.41) is 21.9. The van der Waals surface area contributed by atoms with Gasteiger partial charge in [0.25, 0.3) is 5.56 Å². The van der Waals surface area contributed by atoms with Crippen molar-refractivity contribution in [3.8, 4) is 34.2 Å². The van der Waals surface area contributed by atoms with Crippen LogP contribution in [0.2, 0.25) is 0 Å². The van der Waals surface area contributed by atoms with Gasteiger partial charge in [-0.1, -0.05) is 6.07 Å². The monoisotopic (exact) mass is 444 g/mol. The van der Waals surface area contributed by atoms with Gasteiger partial charge in [-0.3, -0.25) is 9.48 Å². The van der Waals surface area contributed by atoms with Gasteiger partial charge in [0.15, 0.2) is 0 Å². The molecule has 2 aromatic carbocycles. The number of ether oxygens (including phenoxy) is 1. The fraction of sp³-hybridized carbons (Fsp3) is 0.250. The second kappa shape index (κ2) is 7.83. The number of hydrogen-bond donors (Lipinski definition) is 2. The van der Waals surface area contributed by atoms with Gasteiger partial charge in [0.2, 0.25) is 0 Å². The largest absolute Gasteiger partial charge is 0.489 e. The third kappa shape index (κ3) is 3.45. The van der Waals surface area contributed by atoms with E-state index in [0.29, 0.717) is 39.0 Å². The molecule has 33 heavy (non-hydrogen) atoms. The second-order valence-corrected chi connectivity index (χ2v) is 8.17. The number of fused-ring (bicyclic) bond motifs is 1. The zero-order chi connectivity index (χ0) is 23.3. The molecule has 2 heterocycles. The third-order valence-corrected chi connectivity index (χ3v) is 5.89. The first kappa shape index (κ1) is 20.8. The quantitative estimate of drug-likeness (QED) is 0.487. The molecule has 0 atom stereocenters. The van der Waals surface area contributed by atoms with E-state index in [1.54, 1.807) is 13.2 Å². The minimum atomic E-state index is -0.544. The Labute approximate surface area is 188 Å². The highest BCUT2D eigenvalue weighted by Crippen LogP contribution is 2.40. The molecular formula is C24H21FN6O2.